The number of rotatable bonds is 3. The highest BCUT2D eigenvalue weighted by Crippen LogP contribution is 2.25. The molecule has 1 aromatic heterocycles. The van der Waals surface area contributed by atoms with Crippen molar-refractivity contribution < 1.29 is 18.7 Å². The number of ether oxygens (including phenoxy) is 1. The van der Waals surface area contributed by atoms with Gasteiger partial charge >= 0.3 is 6.03 Å². The number of hydrogen-bond acceptors (Lipinski definition) is 4. The molecule has 7 nitrogen and oxygen atoms in total. The first-order valence-electron chi connectivity index (χ1n) is 8.12. The summed E-state index contributed by atoms with van der Waals surface area (Å²) in [6.07, 6.45) is 1.48. The molecule has 2 aromatic rings. The zero-order chi connectivity index (χ0) is 17.8. The van der Waals surface area contributed by atoms with E-state index in [1.54, 1.807) is 29.0 Å². The van der Waals surface area contributed by atoms with Gasteiger partial charge in [0.15, 0.2) is 5.76 Å². The Morgan fingerprint density at radius 3 is 2.48 bits per heavy atom. The molecular weight excluding hydrogens is 322 g/mol. The second-order valence-electron chi connectivity index (χ2n) is 5.89. The van der Waals surface area contributed by atoms with Crippen LogP contribution in [0.4, 0.5) is 10.5 Å². The van der Waals surface area contributed by atoms with Crippen LogP contribution in [-0.2, 0) is 0 Å². The summed E-state index contributed by atoms with van der Waals surface area (Å²) in [6, 6.07) is 8.75. The van der Waals surface area contributed by atoms with Gasteiger partial charge in [0.05, 0.1) is 19.1 Å². The van der Waals surface area contributed by atoms with Gasteiger partial charge < -0.3 is 24.3 Å². The predicted octanol–water partition coefficient (Wildman–Crippen LogP) is 2.59. The van der Waals surface area contributed by atoms with Crippen molar-refractivity contribution in [2.24, 2.45) is 0 Å². The number of nitrogens with one attached hydrogen (secondary N) is 1. The number of aryl methyl sites for hydroxylation is 1. The van der Waals surface area contributed by atoms with Crippen LogP contribution in [0.25, 0.3) is 0 Å². The summed E-state index contributed by atoms with van der Waals surface area (Å²) in [5.74, 6) is 0.790. The van der Waals surface area contributed by atoms with Gasteiger partial charge in [-0.15, -0.1) is 0 Å². The zero-order valence-corrected chi connectivity index (χ0v) is 14.3. The van der Waals surface area contributed by atoms with Gasteiger partial charge in [-0.1, -0.05) is 6.07 Å². The van der Waals surface area contributed by atoms with Gasteiger partial charge in [-0.05, 0) is 36.8 Å². The lowest BCUT2D eigenvalue weighted by Crippen LogP contribution is -2.51. The summed E-state index contributed by atoms with van der Waals surface area (Å²) in [5, 5.41) is 2.88. The van der Waals surface area contributed by atoms with Crippen LogP contribution in [0.3, 0.4) is 0 Å². The van der Waals surface area contributed by atoms with Crippen LogP contribution in [-0.4, -0.2) is 55.0 Å². The van der Waals surface area contributed by atoms with Crippen molar-refractivity contribution in [2.75, 3.05) is 38.6 Å². The summed E-state index contributed by atoms with van der Waals surface area (Å²) < 4.78 is 10.4. The molecule has 1 N–H and O–H groups in total. The molecule has 7 heteroatoms. The Hall–Kier alpha value is -2.96. The summed E-state index contributed by atoms with van der Waals surface area (Å²) in [5.41, 5.74) is 1.67. The Bertz CT molecular complexity index is 750. The highest BCUT2D eigenvalue weighted by molar-refractivity contribution is 5.93. The number of furan rings is 1. The normalized spacial score (nSPS) is 14.3. The number of amides is 3. The van der Waals surface area contributed by atoms with Crippen LogP contribution in [0.5, 0.6) is 5.75 Å². The number of nitrogens with zero attached hydrogens (tertiary/aromatic N) is 2. The van der Waals surface area contributed by atoms with Gasteiger partial charge in [0.25, 0.3) is 5.91 Å². The van der Waals surface area contributed by atoms with E-state index >= 15 is 0 Å². The van der Waals surface area contributed by atoms with E-state index in [9.17, 15) is 9.59 Å². The molecular formula is C18H21N3O4. The number of carbonyl (C=O) groups is 2. The van der Waals surface area contributed by atoms with Crippen molar-refractivity contribution in [3.05, 3.63) is 47.9 Å². The SMILES string of the molecule is COc1ccc(C)cc1NC(=O)N1CCN(C(=O)c2ccco2)CC1. The molecule has 0 spiro atoms. The molecule has 1 aliphatic rings. The Morgan fingerprint density at radius 1 is 1.12 bits per heavy atom. The Balaban J connectivity index is 1.59. The number of methoxy groups -OCH3 is 1. The highest BCUT2D eigenvalue weighted by atomic mass is 16.5. The summed E-state index contributed by atoms with van der Waals surface area (Å²) >= 11 is 0. The van der Waals surface area contributed by atoms with Crippen LogP contribution in [0.15, 0.2) is 41.0 Å². The minimum Gasteiger partial charge on any atom is -0.495 e. The molecule has 0 bridgehead atoms. The van der Waals surface area contributed by atoms with Gasteiger partial charge in [0.2, 0.25) is 0 Å². The molecule has 132 valence electrons. The van der Waals surface area contributed by atoms with Gasteiger partial charge in [-0.25, -0.2) is 4.79 Å². The number of piperazine rings is 1. The first-order chi connectivity index (χ1) is 12.1. The van der Waals surface area contributed by atoms with Crippen LogP contribution in [0, 0.1) is 6.92 Å². The lowest BCUT2D eigenvalue weighted by molar-refractivity contribution is 0.0640. The quantitative estimate of drug-likeness (QED) is 0.929. The van der Waals surface area contributed by atoms with Gasteiger partial charge in [-0.2, -0.15) is 0 Å². The van der Waals surface area contributed by atoms with Crippen molar-refractivity contribution in [1.29, 1.82) is 0 Å². The number of benzene rings is 1. The average Bonchev–Trinajstić information content (AvgIpc) is 3.16. The van der Waals surface area contributed by atoms with E-state index in [0.717, 1.165) is 5.56 Å². The minimum absolute atomic E-state index is 0.148. The van der Waals surface area contributed by atoms with E-state index in [2.05, 4.69) is 5.32 Å². The topological polar surface area (TPSA) is 75.0 Å². The molecule has 0 atom stereocenters. The molecule has 0 radical (unpaired) electrons. The van der Waals surface area contributed by atoms with Crippen LogP contribution >= 0.6 is 0 Å². The number of anilines is 1. The van der Waals surface area contributed by atoms with E-state index in [0.29, 0.717) is 43.4 Å². The lowest BCUT2D eigenvalue weighted by Gasteiger charge is -2.34. The van der Waals surface area contributed by atoms with Crippen LogP contribution in [0.2, 0.25) is 0 Å². The maximum Gasteiger partial charge on any atom is 0.322 e. The minimum atomic E-state index is -0.200. The Labute approximate surface area is 146 Å². The fourth-order valence-electron chi connectivity index (χ4n) is 2.78. The molecule has 1 saturated heterocycles. The average molecular weight is 343 g/mol. The predicted molar refractivity (Wildman–Crippen MR) is 92.9 cm³/mol. The molecule has 1 aromatic carbocycles. The molecule has 25 heavy (non-hydrogen) atoms. The largest absolute Gasteiger partial charge is 0.495 e. The second-order valence-corrected chi connectivity index (χ2v) is 5.89. The number of urea groups is 1. The van der Waals surface area contributed by atoms with E-state index in [4.69, 9.17) is 9.15 Å². The van der Waals surface area contributed by atoms with E-state index < -0.39 is 0 Å². The second kappa shape index (κ2) is 7.29. The van der Waals surface area contributed by atoms with E-state index in [1.165, 1.54) is 6.26 Å². The fraction of sp³-hybridized carbons (Fsp3) is 0.333. The maximum absolute atomic E-state index is 12.5. The summed E-state index contributed by atoms with van der Waals surface area (Å²) in [6.45, 7) is 3.82. The first-order valence-corrected chi connectivity index (χ1v) is 8.12. The van der Waals surface area contributed by atoms with Gasteiger partial charge in [0, 0.05) is 26.2 Å². The van der Waals surface area contributed by atoms with Crippen LogP contribution < -0.4 is 10.1 Å². The Kier molecular flexibility index (Phi) is 4.92. The van der Waals surface area contributed by atoms with Crippen molar-refractivity contribution in [2.45, 2.75) is 6.92 Å². The molecule has 3 amide bonds. The smallest absolute Gasteiger partial charge is 0.322 e. The van der Waals surface area contributed by atoms with E-state index in [-0.39, 0.29) is 11.9 Å². The van der Waals surface area contributed by atoms with Crippen molar-refractivity contribution in [1.82, 2.24) is 9.80 Å². The molecule has 1 fully saturated rings. The molecule has 2 heterocycles. The van der Waals surface area contributed by atoms with Crippen molar-refractivity contribution >= 4 is 17.6 Å². The van der Waals surface area contributed by atoms with Crippen molar-refractivity contribution in [3.8, 4) is 5.75 Å². The summed E-state index contributed by atoms with van der Waals surface area (Å²) in [4.78, 5) is 28.1. The summed E-state index contributed by atoms with van der Waals surface area (Å²) in [7, 11) is 1.57. The fourth-order valence-corrected chi connectivity index (χ4v) is 2.78. The zero-order valence-electron chi connectivity index (χ0n) is 14.3. The maximum atomic E-state index is 12.5. The third kappa shape index (κ3) is 3.76. The highest BCUT2D eigenvalue weighted by Gasteiger charge is 2.26. The molecule has 1 aliphatic heterocycles. The monoisotopic (exact) mass is 343 g/mol. The van der Waals surface area contributed by atoms with Crippen molar-refractivity contribution in [3.63, 3.8) is 0 Å². The number of hydrogen-bond donors (Lipinski definition) is 1. The van der Waals surface area contributed by atoms with Gasteiger partial charge in [-0.3, -0.25) is 4.79 Å². The van der Waals surface area contributed by atoms with Gasteiger partial charge in [0.1, 0.15) is 5.75 Å². The molecule has 3 rings (SSSR count). The first kappa shape index (κ1) is 16.9. The molecule has 0 saturated carbocycles. The lowest BCUT2D eigenvalue weighted by atomic mass is 10.2. The molecule has 0 unspecified atom stereocenters. The molecule has 0 aliphatic carbocycles. The Morgan fingerprint density at radius 2 is 1.84 bits per heavy atom. The van der Waals surface area contributed by atoms with E-state index in [1.807, 2.05) is 25.1 Å². The third-order valence-corrected chi connectivity index (χ3v) is 4.18. The number of carbonyl (C=O) groups excluding carboxylic acids is 2. The van der Waals surface area contributed by atoms with Crippen LogP contribution in [0.1, 0.15) is 16.1 Å². The standard InChI is InChI=1S/C18H21N3O4/c1-13-5-6-15(24-2)14(12-13)19-18(23)21-9-7-20(8-10-21)17(22)16-4-3-11-25-16/h3-6,11-12H,7-10H2,1-2H3,(H,19,23). The third-order valence-electron chi connectivity index (χ3n) is 4.18.